The number of hydrogen-bond donors (Lipinski definition) is 0. The van der Waals surface area contributed by atoms with Crippen molar-refractivity contribution in [3.8, 4) is 0 Å². The smallest absolute Gasteiger partial charge is 0.413 e. The van der Waals surface area contributed by atoms with E-state index in [4.69, 9.17) is 14.2 Å². The molecule has 0 spiro atoms. The molecule has 2 rings (SSSR count). The molecule has 0 aromatic heterocycles. The number of ether oxygens (including phenoxy) is 3. The minimum Gasteiger partial charge on any atom is -0.467 e. The first-order valence-corrected chi connectivity index (χ1v) is 8.45. The summed E-state index contributed by atoms with van der Waals surface area (Å²) in [5, 5.41) is 0. The summed E-state index contributed by atoms with van der Waals surface area (Å²) in [7, 11) is 1.31. The highest BCUT2D eigenvalue weighted by molar-refractivity contribution is 5.79. The third kappa shape index (κ3) is 4.31. The fourth-order valence-electron chi connectivity index (χ4n) is 2.89. The highest BCUT2D eigenvalue weighted by Crippen LogP contribution is 2.39. The Morgan fingerprint density at radius 3 is 2.24 bits per heavy atom. The Balaban J connectivity index is 2.47. The van der Waals surface area contributed by atoms with Crippen LogP contribution in [0.3, 0.4) is 0 Å². The van der Waals surface area contributed by atoms with Gasteiger partial charge in [0.1, 0.15) is 17.9 Å². The second-order valence-corrected chi connectivity index (χ2v) is 7.46. The predicted octanol–water partition coefficient (Wildman–Crippen LogP) is 3.52. The van der Waals surface area contributed by atoms with Gasteiger partial charge >= 0.3 is 12.1 Å². The maximum Gasteiger partial charge on any atom is 0.413 e. The van der Waals surface area contributed by atoms with E-state index in [0.717, 1.165) is 5.56 Å². The summed E-state index contributed by atoms with van der Waals surface area (Å²) in [6, 6.07) is 8.73. The second-order valence-electron chi connectivity index (χ2n) is 7.46. The lowest BCUT2D eigenvalue weighted by molar-refractivity contribution is -0.155. The average molecular weight is 349 g/mol. The van der Waals surface area contributed by atoms with E-state index in [1.165, 1.54) is 12.0 Å². The Bertz CT molecular complexity index is 608. The zero-order valence-corrected chi connectivity index (χ0v) is 15.7. The fraction of sp³-hybridized carbons (Fsp3) is 0.579. The molecule has 0 saturated carbocycles. The summed E-state index contributed by atoms with van der Waals surface area (Å²) in [6.45, 7) is 9.29. The van der Waals surface area contributed by atoms with Crippen LogP contribution in [-0.2, 0) is 19.0 Å². The molecule has 0 N–H and O–H groups in total. The number of carbonyl (C=O) groups excluding carboxylic acids is 2. The lowest BCUT2D eigenvalue weighted by atomic mass is 10.0. The van der Waals surface area contributed by atoms with Gasteiger partial charge in [0.05, 0.1) is 7.11 Å². The lowest BCUT2D eigenvalue weighted by Gasteiger charge is -2.32. The van der Waals surface area contributed by atoms with Gasteiger partial charge in [0.15, 0.2) is 6.10 Å². The average Bonchev–Trinajstić information content (AvgIpc) is 2.94. The van der Waals surface area contributed by atoms with Gasteiger partial charge in [-0.2, -0.15) is 0 Å². The zero-order chi connectivity index (χ0) is 18.8. The van der Waals surface area contributed by atoms with Crippen LogP contribution in [0, 0.1) is 5.92 Å². The van der Waals surface area contributed by atoms with Crippen LogP contribution in [0.25, 0.3) is 0 Å². The summed E-state index contributed by atoms with van der Waals surface area (Å²) in [5.74, 6) is -0.529. The maximum atomic E-state index is 12.9. The molecule has 1 aromatic carbocycles. The summed E-state index contributed by atoms with van der Waals surface area (Å²) in [5.41, 5.74) is 0.148. The van der Waals surface area contributed by atoms with Crippen molar-refractivity contribution in [2.24, 2.45) is 5.92 Å². The highest BCUT2D eigenvalue weighted by Gasteiger charge is 2.51. The number of benzene rings is 1. The second kappa shape index (κ2) is 7.44. The molecule has 138 valence electrons. The quantitative estimate of drug-likeness (QED) is 0.781. The van der Waals surface area contributed by atoms with Crippen molar-refractivity contribution in [1.29, 1.82) is 0 Å². The molecule has 0 radical (unpaired) electrons. The lowest BCUT2D eigenvalue weighted by Crippen LogP contribution is -2.44. The van der Waals surface area contributed by atoms with Crippen LogP contribution >= 0.6 is 0 Å². The summed E-state index contributed by atoms with van der Waals surface area (Å²) in [6.07, 6.45) is -1.98. The molecule has 1 aliphatic rings. The number of nitrogens with zero attached hydrogens (tertiary/aromatic N) is 1. The molecule has 1 aliphatic heterocycles. The van der Waals surface area contributed by atoms with Crippen molar-refractivity contribution < 1.29 is 23.8 Å². The van der Waals surface area contributed by atoms with Gasteiger partial charge in [-0.15, -0.1) is 0 Å². The monoisotopic (exact) mass is 349 g/mol. The molecule has 3 unspecified atom stereocenters. The zero-order valence-electron chi connectivity index (χ0n) is 15.7. The standard InChI is InChI=1S/C19H27NO5/c1-12(2)16-20(18(22)25-19(3,4)5)14(13-10-8-7-9-11-13)15(24-16)17(21)23-6/h7-12,14-16H,1-6H3. The van der Waals surface area contributed by atoms with Gasteiger partial charge in [-0.25, -0.2) is 9.59 Å². The Labute approximate surface area is 149 Å². The normalized spacial score (nSPS) is 23.6. The van der Waals surface area contributed by atoms with Gasteiger partial charge in [0, 0.05) is 0 Å². The minimum atomic E-state index is -0.896. The van der Waals surface area contributed by atoms with Crippen LogP contribution in [0.1, 0.15) is 46.2 Å². The molecule has 6 heteroatoms. The van der Waals surface area contributed by atoms with Crippen LogP contribution in [0.15, 0.2) is 30.3 Å². The van der Waals surface area contributed by atoms with Crippen LogP contribution in [0.4, 0.5) is 4.79 Å². The fourth-order valence-corrected chi connectivity index (χ4v) is 2.89. The molecule has 1 saturated heterocycles. The molecule has 0 bridgehead atoms. The van der Waals surface area contributed by atoms with Gasteiger partial charge < -0.3 is 14.2 Å². The Morgan fingerprint density at radius 2 is 1.76 bits per heavy atom. The third-order valence-electron chi connectivity index (χ3n) is 3.90. The van der Waals surface area contributed by atoms with Crippen LogP contribution in [0.5, 0.6) is 0 Å². The predicted molar refractivity (Wildman–Crippen MR) is 92.8 cm³/mol. The largest absolute Gasteiger partial charge is 0.467 e. The molecule has 6 nitrogen and oxygen atoms in total. The summed E-state index contributed by atoms with van der Waals surface area (Å²) in [4.78, 5) is 26.7. The van der Waals surface area contributed by atoms with Gasteiger partial charge in [-0.3, -0.25) is 4.90 Å². The van der Waals surface area contributed by atoms with Crippen molar-refractivity contribution in [2.45, 2.75) is 58.6 Å². The van der Waals surface area contributed by atoms with Crippen LogP contribution in [0.2, 0.25) is 0 Å². The molecule has 0 aliphatic carbocycles. The van der Waals surface area contributed by atoms with E-state index >= 15 is 0 Å². The first-order chi connectivity index (χ1) is 11.7. The molecule has 25 heavy (non-hydrogen) atoms. The summed E-state index contributed by atoms with van der Waals surface area (Å²) < 4.78 is 16.4. The van der Waals surface area contributed by atoms with Crippen molar-refractivity contribution in [2.75, 3.05) is 7.11 Å². The van der Waals surface area contributed by atoms with Gasteiger partial charge in [0.25, 0.3) is 0 Å². The van der Waals surface area contributed by atoms with Crippen LogP contribution < -0.4 is 0 Å². The third-order valence-corrected chi connectivity index (χ3v) is 3.90. The maximum absolute atomic E-state index is 12.9. The topological polar surface area (TPSA) is 65.1 Å². The van der Waals surface area contributed by atoms with Crippen LogP contribution in [-0.4, -0.2) is 42.0 Å². The van der Waals surface area contributed by atoms with Gasteiger partial charge in [-0.05, 0) is 32.3 Å². The minimum absolute atomic E-state index is 0.0200. The van der Waals surface area contributed by atoms with E-state index in [1.54, 1.807) is 0 Å². The van der Waals surface area contributed by atoms with Crippen molar-refractivity contribution >= 4 is 12.1 Å². The molecule has 1 amide bonds. The Morgan fingerprint density at radius 1 is 1.16 bits per heavy atom. The number of esters is 1. The number of hydrogen-bond acceptors (Lipinski definition) is 5. The van der Waals surface area contributed by atoms with E-state index in [-0.39, 0.29) is 5.92 Å². The Hall–Kier alpha value is -2.08. The number of rotatable bonds is 3. The molecule has 1 aromatic rings. The molecular formula is C19H27NO5. The molecule has 3 atom stereocenters. The highest BCUT2D eigenvalue weighted by atomic mass is 16.6. The van der Waals surface area contributed by atoms with E-state index < -0.39 is 36.0 Å². The van der Waals surface area contributed by atoms with E-state index in [1.807, 2.05) is 65.0 Å². The number of carbonyl (C=O) groups is 2. The first kappa shape index (κ1) is 19.2. The number of methoxy groups -OCH3 is 1. The van der Waals surface area contributed by atoms with Gasteiger partial charge in [0.2, 0.25) is 0 Å². The van der Waals surface area contributed by atoms with E-state index in [0.29, 0.717) is 0 Å². The SMILES string of the molecule is COC(=O)C1OC(C(C)C)N(C(=O)OC(C)(C)C)C1c1ccccc1. The Kier molecular flexibility index (Phi) is 5.72. The molecule has 1 fully saturated rings. The van der Waals surface area contributed by atoms with E-state index in [2.05, 4.69) is 0 Å². The molecular weight excluding hydrogens is 322 g/mol. The summed E-state index contributed by atoms with van der Waals surface area (Å²) >= 11 is 0. The molecule has 1 heterocycles. The van der Waals surface area contributed by atoms with Crippen molar-refractivity contribution in [1.82, 2.24) is 4.90 Å². The van der Waals surface area contributed by atoms with Crippen molar-refractivity contribution in [3.63, 3.8) is 0 Å². The van der Waals surface area contributed by atoms with Gasteiger partial charge in [-0.1, -0.05) is 44.2 Å². The first-order valence-electron chi connectivity index (χ1n) is 8.45. The van der Waals surface area contributed by atoms with Crippen molar-refractivity contribution in [3.05, 3.63) is 35.9 Å². The number of amides is 1. The van der Waals surface area contributed by atoms with E-state index in [9.17, 15) is 9.59 Å².